The van der Waals surface area contributed by atoms with E-state index in [0.29, 0.717) is 13.0 Å². The van der Waals surface area contributed by atoms with Crippen LogP contribution in [-0.4, -0.2) is 66.9 Å². The monoisotopic (exact) mass is 507 g/mol. The van der Waals surface area contributed by atoms with Gasteiger partial charge in [-0.25, -0.2) is 0 Å². The maximum Gasteiger partial charge on any atom is 0.0133 e. The van der Waals surface area contributed by atoms with Gasteiger partial charge in [0.15, 0.2) is 0 Å². The van der Waals surface area contributed by atoms with Gasteiger partial charge < -0.3 is 89.2 Å². The molecule has 0 rings (SSSR count). The Kier molecular flexibility index (Phi) is 30.6. The molecule has 1 radical (unpaired) electrons. The van der Waals surface area contributed by atoms with E-state index in [1.807, 2.05) is 56.2 Å². The molecule has 25 heavy (non-hydrogen) atoms. The predicted molar refractivity (Wildman–Crippen MR) is 129 cm³/mol. The Morgan fingerprint density at radius 2 is 0.640 bits per heavy atom. The molecule has 0 aromatic carbocycles. The van der Waals surface area contributed by atoms with E-state index >= 15 is 0 Å². The molecule has 10 heteroatoms. The van der Waals surface area contributed by atoms with Crippen LogP contribution >= 0.6 is 36.7 Å². The molecule has 3 nitrogen and oxygen atoms in total. The number of hydrogen-bond acceptors (Lipinski definition) is 6. The van der Waals surface area contributed by atoms with Gasteiger partial charge in [-0.05, 0) is 41.5 Å². The summed E-state index contributed by atoms with van der Waals surface area (Å²) in [6, 6.07) is 0. The number of hydrogen-bond donors (Lipinski definition) is 0. The minimum atomic E-state index is 0. The summed E-state index contributed by atoms with van der Waals surface area (Å²) in [6.07, 6.45) is 0. The molecule has 0 saturated heterocycles. The number of nitrogens with zero attached hydrogens (tertiary/aromatic N) is 3. The Morgan fingerprint density at radius 1 is 0.520 bits per heavy atom. The summed E-state index contributed by atoms with van der Waals surface area (Å²) >= 11 is 28.5. The molecule has 0 aliphatic heterocycles. The first kappa shape index (κ1) is 33.4. The van der Waals surface area contributed by atoms with Crippen LogP contribution in [0.2, 0.25) is 0 Å². The van der Waals surface area contributed by atoms with Crippen LogP contribution in [0.4, 0.5) is 0 Å². The summed E-state index contributed by atoms with van der Waals surface area (Å²) in [5, 5.41) is 0. The van der Waals surface area contributed by atoms with Gasteiger partial charge in [-0.1, -0.05) is 13.0 Å². The summed E-state index contributed by atoms with van der Waals surface area (Å²) in [5.74, 6) is 0. The van der Waals surface area contributed by atoms with Crippen LogP contribution in [0.1, 0.15) is 41.5 Å². The Labute approximate surface area is 198 Å². The van der Waals surface area contributed by atoms with E-state index < -0.39 is 0 Å². The molecule has 0 aliphatic rings. The van der Waals surface area contributed by atoms with Crippen LogP contribution in [0.25, 0.3) is 0 Å². The molecule has 155 valence electrons. The third-order valence-electron chi connectivity index (χ3n) is 3.06. The van der Waals surface area contributed by atoms with Crippen LogP contribution < -0.4 is 0 Å². The Bertz CT molecular complexity index is 294. The molecule has 0 N–H and O–H groups in total. The van der Waals surface area contributed by atoms with Crippen LogP contribution in [0.5, 0.6) is 0 Å². The molecular weight excluding hydrogens is 478 g/mol. The van der Waals surface area contributed by atoms with Gasteiger partial charge in [0.2, 0.25) is 0 Å². The summed E-state index contributed by atoms with van der Waals surface area (Å²) in [7, 11) is 0. The van der Waals surface area contributed by atoms with Gasteiger partial charge in [0.25, 0.3) is 0 Å². The molecule has 0 aromatic heterocycles. The average molecular weight is 508 g/mol. The van der Waals surface area contributed by atoms with E-state index in [4.69, 9.17) is 74.5 Å². The molecule has 0 aromatic rings. The van der Waals surface area contributed by atoms with Gasteiger partial charge >= 0.3 is 0 Å². The van der Waals surface area contributed by atoms with E-state index in [1.54, 1.807) is 0 Å². The molecule has 0 bridgehead atoms. The standard InChI is InChI=1S/3C5H11NS2.Cu/c3*1-3-6(4-2)5(7)8;/h3*3-4H2,1-2H3,(H,7,8);/p-3. The first-order valence-electron chi connectivity index (χ1n) is 8.04. The topological polar surface area (TPSA) is 9.72 Å². The van der Waals surface area contributed by atoms with Gasteiger partial charge in [0.05, 0.1) is 0 Å². The molecule has 0 aliphatic carbocycles. The van der Waals surface area contributed by atoms with E-state index in [1.165, 1.54) is 0 Å². The smallest absolute Gasteiger partial charge is 0.0133 e. The fraction of sp³-hybridized carbons (Fsp3) is 0.800. The third-order valence-corrected chi connectivity index (χ3v) is 4.61. The first-order valence-corrected chi connectivity index (χ1v) is 10.5. The zero-order valence-corrected chi connectivity index (χ0v) is 21.7. The minimum Gasteiger partial charge on any atom is -0.411 e. The Balaban J connectivity index is -0.000000130. The van der Waals surface area contributed by atoms with Crippen molar-refractivity contribution in [2.75, 3.05) is 39.3 Å². The first-order chi connectivity index (χ1) is 11.2. The molecular formula is C15H30CuN3S6-3. The largest absolute Gasteiger partial charge is 0.411 e. The third kappa shape index (κ3) is 21.0. The molecule has 0 fully saturated rings. The predicted octanol–water partition coefficient (Wildman–Crippen LogP) is 3.48. The van der Waals surface area contributed by atoms with Crippen molar-refractivity contribution >= 4 is 87.5 Å². The summed E-state index contributed by atoms with van der Waals surface area (Å²) in [6.45, 7) is 17.8. The van der Waals surface area contributed by atoms with Gasteiger partial charge in [-0.3, -0.25) is 0 Å². The van der Waals surface area contributed by atoms with Crippen molar-refractivity contribution in [3.05, 3.63) is 0 Å². The average Bonchev–Trinajstić information content (AvgIpc) is 2.51. The maximum absolute atomic E-state index is 4.76. The SMILES string of the molecule is CCN(CC)C(=S)[S-].CCN(CC)C(=S)[S-].CCN(CC)C(=S)[S-].[Cu]. The van der Waals surface area contributed by atoms with Crippen LogP contribution in [0.15, 0.2) is 0 Å². The van der Waals surface area contributed by atoms with Crippen molar-refractivity contribution in [1.29, 1.82) is 0 Å². The van der Waals surface area contributed by atoms with E-state index in [0.717, 1.165) is 39.3 Å². The van der Waals surface area contributed by atoms with Crippen LogP contribution in [0, 0.1) is 0 Å². The molecule has 0 atom stereocenters. The Morgan fingerprint density at radius 3 is 0.640 bits per heavy atom. The molecule has 0 unspecified atom stereocenters. The van der Waals surface area contributed by atoms with Crippen molar-refractivity contribution in [2.45, 2.75) is 41.5 Å². The van der Waals surface area contributed by atoms with Gasteiger partial charge in [0.1, 0.15) is 0 Å². The van der Waals surface area contributed by atoms with Gasteiger partial charge in [-0.2, -0.15) is 0 Å². The number of rotatable bonds is 6. The fourth-order valence-electron chi connectivity index (χ4n) is 1.45. The van der Waals surface area contributed by atoms with E-state index in [-0.39, 0.29) is 17.1 Å². The fourth-order valence-corrected chi connectivity index (χ4v) is 2.99. The summed E-state index contributed by atoms with van der Waals surface area (Å²) in [4.78, 5) is 5.89. The zero-order chi connectivity index (χ0) is 19.7. The van der Waals surface area contributed by atoms with Crippen molar-refractivity contribution in [2.24, 2.45) is 0 Å². The quantitative estimate of drug-likeness (QED) is 0.301. The molecule has 0 saturated carbocycles. The summed E-state index contributed by atoms with van der Waals surface area (Å²) < 4.78 is 1.74. The molecule has 0 amide bonds. The van der Waals surface area contributed by atoms with Crippen molar-refractivity contribution in [1.82, 2.24) is 14.7 Å². The maximum atomic E-state index is 4.76. The molecule has 0 heterocycles. The second kappa shape index (κ2) is 22.9. The normalized spacial score (nSPS) is 8.40. The summed E-state index contributed by atoms with van der Waals surface area (Å²) in [5.41, 5.74) is 0. The Hall–Kier alpha value is 0.849. The van der Waals surface area contributed by atoms with Crippen molar-refractivity contribution in [3.8, 4) is 0 Å². The molecule has 0 spiro atoms. The minimum absolute atomic E-state index is 0. The van der Waals surface area contributed by atoms with Crippen LogP contribution in [0.3, 0.4) is 0 Å². The second-order valence-corrected chi connectivity index (χ2v) is 7.41. The van der Waals surface area contributed by atoms with E-state index in [9.17, 15) is 0 Å². The van der Waals surface area contributed by atoms with Crippen molar-refractivity contribution in [3.63, 3.8) is 0 Å². The zero-order valence-electron chi connectivity index (χ0n) is 15.8. The van der Waals surface area contributed by atoms with Crippen molar-refractivity contribution < 1.29 is 17.1 Å². The van der Waals surface area contributed by atoms with E-state index in [2.05, 4.69) is 0 Å². The van der Waals surface area contributed by atoms with Gasteiger partial charge in [-0.15, -0.1) is 0 Å². The van der Waals surface area contributed by atoms with Crippen LogP contribution in [-0.2, 0) is 55.0 Å². The second-order valence-electron chi connectivity index (χ2n) is 4.31. The number of thiocarbonyl (C=S) groups is 3. The van der Waals surface area contributed by atoms with Gasteiger partial charge in [0, 0.05) is 56.3 Å².